The van der Waals surface area contributed by atoms with Crippen LogP contribution in [0.4, 0.5) is 0 Å². The molecule has 0 amide bonds. The second kappa shape index (κ2) is 5.71. The lowest BCUT2D eigenvalue weighted by atomic mass is 10.2. The Morgan fingerprint density at radius 1 is 1.41 bits per heavy atom. The summed E-state index contributed by atoms with van der Waals surface area (Å²) in [7, 11) is 0. The summed E-state index contributed by atoms with van der Waals surface area (Å²) in [4.78, 5) is 0. The number of halogens is 2. The minimum atomic E-state index is 0.188. The molecule has 0 aliphatic carbocycles. The number of furan rings is 1. The van der Waals surface area contributed by atoms with Crippen molar-refractivity contribution in [1.82, 2.24) is 5.32 Å². The smallest absolute Gasteiger partial charge is 0.120 e. The van der Waals surface area contributed by atoms with E-state index in [0.29, 0.717) is 0 Å². The average Bonchev–Trinajstić information content (AvgIpc) is 2.81. The SMILES string of the molecule is C[C@H](NCc1ccc(Cl)cc1Br)c1ccco1. The normalized spacial score (nSPS) is 12.6. The fourth-order valence-corrected chi connectivity index (χ4v) is 2.39. The van der Waals surface area contributed by atoms with Gasteiger partial charge in [0.25, 0.3) is 0 Å². The summed E-state index contributed by atoms with van der Waals surface area (Å²) in [6.07, 6.45) is 1.69. The van der Waals surface area contributed by atoms with Gasteiger partial charge in [-0.1, -0.05) is 33.6 Å². The highest BCUT2D eigenvalue weighted by Gasteiger charge is 2.08. The van der Waals surface area contributed by atoms with E-state index in [0.717, 1.165) is 21.8 Å². The molecule has 0 unspecified atom stereocenters. The van der Waals surface area contributed by atoms with Gasteiger partial charge in [-0.25, -0.2) is 0 Å². The van der Waals surface area contributed by atoms with Crippen LogP contribution in [-0.4, -0.2) is 0 Å². The molecule has 2 rings (SSSR count). The summed E-state index contributed by atoms with van der Waals surface area (Å²) in [6.45, 7) is 2.84. The van der Waals surface area contributed by atoms with Gasteiger partial charge in [0, 0.05) is 16.0 Å². The van der Waals surface area contributed by atoms with E-state index in [-0.39, 0.29) is 6.04 Å². The third-order valence-corrected chi connectivity index (χ3v) is 3.56. The van der Waals surface area contributed by atoms with Crippen LogP contribution in [0.2, 0.25) is 5.02 Å². The third-order valence-electron chi connectivity index (χ3n) is 2.58. The van der Waals surface area contributed by atoms with Crippen molar-refractivity contribution in [3.63, 3.8) is 0 Å². The average molecular weight is 315 g/mol. The Morgan fingerprint density at radius 3 is 2.88 bits per heavy atom. The zero-order valence-electron chi connectivity index (χ0n) is 9.41. The Morgan fingerprint density at radius 2 is 2.24 bits per heavy atom. The molecule has 1 atom stereocenters. The van der Waals surface area contributed by atoms with Gasteiger partial charge < -0.3 is 9.73 Å². The first-order chi connectivity index (χ1) is 8.16. The van der Waals surface area contributed by atoms with Crippen LogP contribution in [-0.2, 0) is 6.54 Å². The van der Waals surface area contributed by atoms with E-state index in [1.807, 2.05) is 30.3 Å². The van der Waals surface area contributed by atoms with Gasteiger partial charge in [-0.15, -0.1) is 0 Å². The highest BCUT2D eigenvalue weighted by molar-refractivity contribution is 9.10. The number of benzene rings is 1. The fourth-order valence-electron chi connectivity index (χ4n) is 1.57. The van der Waals surface area contributed by atoms with Gasteiger partial charge in [0.15, 0.2) is 0 Å². The van der Waals surface area contributed by atoms with Crippen molar-refractivity contribution < 1.29 is 4.42 Å². The van der Waals surface area contributed by atoms with Crippen LogP contribution in [0.25, 0.3) is 0 Å². The maximum Gasteiger partial charge on any atom is 0.120 e. The van der Waals surface area contributed by atoms with Crippen LogP contribution >= 0.6 is 27.5 Å². The summed E-state index contributed by atoms with van der Waals surface area (Å²) in [5.74, 6) is 0.940. The van der Waals surface area contributed by atoms with Gasteiger partial charge in [0.05, 0.1) is 12.3 Å². The Balaban J connectivity index is 1.98. The minimum Gasteiger partial charge on any atom is -0.468 e. The molecule has 0 saturated heterocycles. The molecule has 17 heavy (non-hydrogen) atoms. The molecule has 0 radical (unpaired) electrons. The molecule has 0 saturated carbocycles. The van der Waals surface area contributed by atoms with Crippen LogP contribution in [0, 0.1) is 0 Å². The van der Waals surface area contributed by atoms with Gasteiger partial charge in [-0.05, 0) is 36.8 Å². The van der Waals surface area contributed by atoms with Crippen molar-refractivity contribution >= 4 is 27.5 Å². The van der Waals surface area contributed by atoms with Crippen LogP contribution < -0.4 is 5.32 Å². The van der Waals surface area contributed by atoms with Gasteiger partial charge in [0.2, 0.25) is 0 Å². The standard InChI is InChI=1S/C13H13BrClNO/c1-9(13-3-2-6-17-13)16-8-10-4-5-11(15)7-12(10)14/h2-7,9,16H,8H2,1H3/t9-/m0/s1. The highest BCUT2D eigenvalue weighted by atomic mass is 79.9. The molecular formula is C13H13BrClNO. The largest absolute Gasteiger partial charge is 0.468 e. The number of nitrogens with one attached hydrogen (secondary N) is 1. The van der Waals surface area contributed by atoms with Crippen molar-refractivity contribution in [2.75, 3.05) is 0 Å². The third kappa shape index (κ3) is 3.35. The number of rotatable bonds is 4. The summed E-state index contributed by atoms with van der Waals surface area (Å²) in [5, 5.41) is 4.13. The quantitative estimate of drug-likeness (QED) is 0.896. The topological polar surface area (TPSA) is 25.2 Å². The van der Waals surface area contributed by atoms with E-state index in [1.54, 1.807) is 6.26 Å². The van der Waals surface area contributed by atoms with Crippen LogP contribution in [0.5, 0.6) is 0 Å². The lowest BCUT2D eigenvalue weighted by Gasteiger charge is -2.12. The van der Waals surface area contributed by atoms with E-state index in [9.17, 15) is 0 Å². The molecule has 0 bridgehead atoms. The van der Waals surface area contributed by atoms with Crippen molar-refractivity contribution in [3.05, 3.63) is 57.4 Å². The molecule has 90 valence electrons. The summed E-state index contributed by atoms with van der Waals surface area (Å²) in [5.41, 5.74) is 1.17. The fraction of sp³-hybridized carbons (Fsp3) is 0.231. The molecule has 4 heteroatoms. The molecule has 1 aromatic carbocycles. The predicted octanol–water partition coefficient (Wildman–Crippen LogP) is 4.55. The molecule has 0 fully saturated rings. The van der Waals surface area contributed by atoms with Crippen molar-refractivity contribution in [3.8, 4) is 0 Å². The Hall–Kier alpha value is -0.770. The maximum absolute atomic E-state index is 5.90. The van der Waals surface area contributed by atoms with Crippen LogP contribution in [0.15, 0.2) is 45.5 Å². The number of hydrogen-bond acceptors (Lipinski definition) is 2. The van der Waals surface area contributed by atoms with Crippen molar-refractivity contribution in [2.24, 2.45) is 0 Å². The summed E-state index contributed by atoms with van der Waals surface area (Å²) < 4.78 is 6.36. The Bertz CT molecular complexity index is 484. The lowest BCUT2D eigenvalue weighted by molar-refractivity contribution is 0.430. The predicted molar refractivity (Wildman–Crippen MR) is 73.1 cm³/mol. The highest BCUT2D eigenvalue weighted by Crippen LogP contribution is 2.22. The van der Waals surface area contributed by atoms with Gasteiger partial charge in [-0.2, -0.15) is 0 Å². The molecule has 1 aromatic heterocycles. The number of hydrogen-bond donors (Lipinski definition) is 1. The first kappa shape index (κ1) is 12.7. The van der Waals surface area contributed by atoms with E-state index >= 15 is 0 Å². The van der Waals surface area contributed by atoms with Crippen molar-refractivity contribution in [2.45, 2.75) is 19.5 Å². The van der Waals surface area contributed by atoms with E-state index < -0.39 is 0 Å². The summed E-state index contributed by atoms with van der Waals surface area (Å²) >= 11 is 9.39. The first-order valence-corrected chi connectivity index (χ1v) is 6.54. The monoisotopic (exact) mass is 313 g/mol. The molecule has 0 aliphatic heterocycles. The lowest BCUT2D eigenvalue weighted by Crippen LogP contribution is -2.17. The van der Waals surface area contributed by atoms with Crippen LogP contribution in [0.3, 0.4) is 0 Å². The molecule has 0 spiro atoms. The van der Waals surface area contributed by atoms with Gasteiger partial charge >= 0.3 is 0 Å². The minimum absolute atomic E-state index is 0.188. The molecule has 0 aliphatic rings. The molecular weight excluding hydrogens is 302 g/mol. The summed E-state index contributed by atoms with van der Waals surface area (Å²) in [6, 6.07) is 9.85. The van der Waals surface area contributed by atoms with Gasteiger partial charge in [0.1, 0.15) is 5.76 Å². The molecule has 2 nitrogen and oxygen atoms in total. The molecule has 2 aromatic rings. The van der Waals surface area contributed by atoms with E-state index in [2.05, 4.69) is 28.2 Å². The first-order valence-electron chi connectivity index (χ1n) is 5.37. The molecule has 1 N–H and O–H groups in total. The van der Waals surface area contributed by atoms with Crippen LogP contribution in [0.1, 0.15) is 24.3 Å². The zero-order chi connectivity index (χ0) is 12.3. The maximum atomic E-state index is 5.90. The van der Waals surface area contributed by atoms with Crippen molar-refractivity contribution in [1.29, 1.82) is 0 Å². The Labute approximate surface area is 114 Å². The Kier molecular flexibility index (Phi) is 4.26. The van der Waals surface area contributed by atoms with E-state index in [4.69, 9.17) is 16.0 Å². The zero-order valence-corrected chi connectivity index (χ0v) is 11.8. The second-order valence-corrected chi connectivity index (χ2v) is 5.14. The second-order valence-electron chi connectivity index (χ2n) is 3.85. The molecule has 1 heterocycles. The van der Waals surface area contributed by atoms with Gasteiger partial charge in [-0.3, -0.25) is 0 Å². The van der Waals surface area contributed by atoms with E-state index in [1.165, 1.54) is 5.56 Å².